The monoisotopic (exact) mass is 287 g/mol. The fraction of sp³-hybridized carbons (Fsp3) is 0.385. The zero-order valence-corrected chi connectivity index (χ0v) is 10.9. The highest BCUT2D eigenvalue weighted by Crippen LogP contribution is 2.11. The van der Waals surface area contributed by atoms with Crippen molar-refractivity contribution in [3.05, 3.63) is 35.4 Å². The first-order valence-electron chi connectivity index (χ1n) is 5.89. The number of rotatable bonds is 7. The van der Waals surface area contributed by atoms with Gasteiger partial charge in [-0.25, -0.2) is 13.6 Å². The van der Waals surface area contributed by atoms with Crippen molar-refractivity contribution in [2.75, 3.05) is 13.7 Å². The van der Waals surface area contributed by atoms with Gasteiger partial charge in [0.15, 0.2) is 6.04 Å². The predicted octanol–water partition coefficient (Wildman–Crippen LogP) is 1.11. The Balaban J connectivity index is 2.54. The second-order valence-electron chi connectivity index (χ2n) is 4.15. The molecule has 1 aromatic carbocycles. The molecule has 0 radical (unpaired) electrons. The van der Waals surface area contributed by atoms with Crippen molar-refractivity contribution in [3.8, 4) is 0 Å². The fourth-order valence-electron chi connectivity index (χ4n) is 1.59. The van der Waals surface area contributed by atoms with Gasteiger partial charge in [-0.2, -0.15) is 0 Å². The van der Waals surface area contributed by atoms with E-state index in [1.165, 1.54) is 7.11 Å². The van der Waals surface area contributed by atoms with Crippen molar-refractivity contribution in [2.45, 2.75) is 18.9 Å². The van der Waals surface area contributed by atoms with E-state index in [9.17, 15) is 18.4 Å². The molecule has 0 aliphatic heterocycles. The summed E-state index contributed by atoms with van der Waals surface area (Å²) in [5.74, 6) is -2.99. The van der Waals surface area contributed by atoms with Crippen molar-refractivity contribution in [1.29, 1.82) is 0 Å². The molecule has 0 spiro atoms. The van der Waals surface area contributed by atoms with E-state index in [1.54, 1.807) is 0 Å². The summed E-state index contributed by atoms with van der Waals surface area (Å²) in [5.41, 5.74) is 0.0683. The third-order valence-electron chi connectivity index (χ3n) is 2.60. The predicted molar refractivity (Wildman–Crippen MR) is 66.1 cm³/mol. The standard InChI is InChI=1S/C13H15F2NO4/c1-20-7-11(13(18)19)16-12(17)5-2-8-6-9(14)3-4-10(8)15/h3-4,6,11H,2,5,7H2,1H3,(H,16,17)(H,18,19). The summed E-state index contributed by atoms with van der Waals surface area (Å²) < 4.78 is 30.9. The average Bonchev–Trinajstić information content (AvgIpc) is 2.39. The van der Waals surface area contributed by atoms with Crippen LogP contribution in [0.3, 0.4) is 0 Å². The van der Waals surface area contributed by atoms with Crippen LogP contribution in [0.1, 0.15) is 12.0 Å². The Morgan fingerprint density at radius 3 is 2.70 bits per heavy atom. The number of hydrogen-bond donors (Lipinski definition) is 2. The van der Waals surface area contributed by atoms with Crippen LogP contribution in [0.5, 0.6) is 0 Å². The van der Waals surface area contributed by atoms with Crippen molar-refractivity contribution < 1.29 is 28.2 Å². The van der Waals surface area contributed by atoms with Gasteiger partial charge in [-0.05, 0) is 30.2 Å². The summed E-state index contributed by atoms with van der Waals surface area (Å²) in [6.07, 6.45) is -0.164. The summed E-state index contributed by atoms with van der Waals surface area (Å²) in [6, 6.07) is 1.81. The summed E-state index contributed by atoms with van der Waals surface area (Å²) in [6.45, 7) is -0.171. The minimum absolute atomic E-state index is 0.0191. The number of carbonyl (C=O) groups excluding carboxylic acids is 1. The van der Waals surface area contributed by atoms with E-state index in [4.69, 9.17) is 5.11 Å². The van der Waals surface area contributed by atoms with Gasteiger partial charge in [0.25, 0.3) is 0 Å². The van der Waals surface area contributed by atoms with E-state index in [1.807, 2.05) is 0 Å². The van der Waals surface area contributed by atoms with Gasteiger partial charge in [0.05, 0.1) is 6.61 Å². The molecule has 110 valence electrons. The molecule has 1 atom stereocenters. The number of carbonyl (C=O) groups is 2. The first-order valence-corrected chi connectivity index (χ1v) is 5.89. The molecule has 0 fully saturated rings. The number of carboxylic acid groups (broad SMARTS) is 1. The Morgan fingerprint density at radius 1 is 1.40 bits per heavy atom. The van der Waals surface area contributed by atoms with Crippen LogP contribution in [0, 0.1) is 11.6 Å². The minimum Gasteiger partial charge on any atom is -0.480 e. The van der Waals surface area contributed by atoms with Crippen LogP contribution in [0.4, 0.5) is 8.78 Å². The Morgan fingerprint density at radius 2 is 2.10 bits per heavy atom. The molecule has 1 aromatic rings. The molecular weight excluding hydrogens is 272 g/mol. The molecule has 0 aliphatic carbocycles. The number of amides is 1. The van der Waals surface area contributed by atoms with Crippen LogP contribution in [0.2, 0.25) is 0 Å². The maximum atomic E-state index is 13.3. The maximum absolute atomic E-state index is 13.3. The van der Waals surface area contributed by atoms with Gasteiger partial charge in [-0.3, -0.25) is 4.79 Å². The van der Waals surface area contributed by atoms with Gasteiger partial charge in [-0.1, -0.05) is 0 Å². The molecule has 1 amide bonds. The lowest BCUT2D eigenvalue weighted by Gasteiger charge is -2.13. The molecule has 1 unspecified atom stereocenters. The number of halogens is 2. The molecular formula is C13H15F2NO4. The summed E-state index contributed by atoms with van der Waals surface area (Å²) in [7, 11) is 1.31. The molecule has 0 saturated heterocycles. The fourth-order valence-corrected chi connectivity index (χ4v) is 1.59. The second kappa shape index (κ2) is 7.54. The number of hydrogen-bond acceptors (Lipinski definition) is 3. The highest BCUT2D eigenvalue weighted by Gasteiger charge is 2.19. The van der Waals surface area contributed by atoms with E-state index in [0.717, 1.165) is 18.2 Å². The first-order chi connectivity index (χ1) is 9.43. The molecule has 0 aliphatic rings. The largest absolute Gasteiger partial charge is 0.480 e. The smallest absolute Gasteiger partial charge is 0.328 e. The van der Waals surface area contributed by atoms with E-state index >= 15 is 0 Å². The number of ether oxygens (including phenoxy) is 1. The van der Waals surface area contributed by atoms with Crippen LogP contribution < -0.4 is 5.32 Å². The van der Waals surface area contributed by atoms with Gasteiger partial charge < -0.3 is 15.2 Å². The zero-order valence-electron chi connectivity index (χ0n) is 10.9. The third kappa shape index (κ3) is 4.93. The Bertz CT molecular complexity index is 493. The number of methoxy groups -OCH3 is 1. The second-order valence-corrected chi connectivity index (χ2v) is 4.15. The summed E-state index contributed by atoms with van der Waals surface area (Å²) in [4.78, 5) is 22.3. The molecule has 0 heterocycles. The van der Waals surface area contributed by atoms with E-state index in [-0.39, 0.29) is 25.0 Å². The lowest BCUT2D eigenvalue weighted by atomic mass is 10.1. The van der Waals surface area contributed by atoms with E-state index in [0.29, 0.717) is 0 Å². The lowest BCUT2D eigenvalue weighted by Crippen LogP contribution is -2.43. The lowest BCUT2D eigenvalue weighted by molar-refractivity contribution is -0.143. The van der Waals surface area contributed by atoms with Crippen LogP contribution in [0.25, 0.3) is 0 Å². The minimum atomic E-state index is -1.22. The van der Waals surface area contributed by atoms with E-state index in [2.05, 4.69) is 10.1 Å². The molecule has 0 saturated carbocycles. The van der Waals surface area contributed by atoms with Crippen LogP contribution >= 0.6 is 0 Å². The van der Waals surface area contributed by atoms with Crippen molar-refractivity contribution >= 4 is 11.9 Å². The SMILES string of the molecule is COCC(NC(=O)CCc1cc(F)ccc1F)C(=O)O. The molecule has 1 rings (SSSR count). The van der Waals surface area contributed by atoms with Gasteiger partial charge in [0.2, 0.25) is 5.91 Å². The summed E-state index contributed by atoms with van der Waals surface area (Å²) in [5, 5.41) is 11.1. The Kier molecular flexibility index (Phi) is 6.05. The first kappa shape index (κ1) is 16.0. The zero-order chi connectivity index (χ0) is 15.1. The summed E-state index contributed by atoms with van der Waals surface area (Å²) >= 11 is 0. The van der Waals surface area contributed by atoms with Crippen LogP contribution in [-0.2, 0) is 20.7 Å². The van der Waals surface area contributed by atoms with Crippen molar-refractivity contribution in [1.82, 2.24) is 5.32 Å². The van der Waals surface area contributed by atoms with Crippen LogP contribution in [-0.4, -0.2) is 36.7 Å². The number of aryl methyl sites for hydroxylation is 1. The third-order valence-corrected chi connectivity index (χ3v) is 2.60. The highest BCUT2D eigenvalue weighted by atomic mass is 19.1. The Hall–Kier alpha value is -2.02. The molecule has 2 N–H and O–H groups in total. The number of nitrogens with one attached hydrogen (secondary N) is 1. The van der Waals surface area contributed by atoms with Gasteiger partial charge in [0, 0.05) is 13.5 Å². The molecule has 20 heavy (non-hydrogen) atoms. The normalized spacial score (nSPS) is 11.9. The van der Waals surface area contributed by atoms with Gasteiger partial charge >= 0.3 is 5.97 Å². The highest BCUT2D eigenvalue weighted by molar-refractivity contribution is 5.83. The molecule has 7 heteroatoms. The van der Waals surface area contributed by atoms with E-state index < -0.39 is 29.6 Å². The van der Waals surface area contributed by atoms with Crippen LogP contribution in [0.15, 0.2) is 18.2 Å². The average molecular weight is 287 g/mol. The number of carboxylic acids is 1. The number of benzene rings is 1. The Labute approximate surface area is 114 Å². The van der Waals surface area contributed by atoms with Crippen molar-refractivity contribution in [2.24, 2.45) is 0 Å². The number of aliphatic carboxylic acids is 1. The topological polar surface area (TPSA) is 75.6 Å². The van der Waals surface area contributed by atoms with Gasteiger partial charge in [-0.15, -0.1) is 0 Å². The maximum Gasteiger partial charge on any atom is 0.328 e. The van der Waals surface area contributed by atoms with Crippen molar-refractivity contribution in [3.63, 3.8) is 0 Å². The molecule has 0 aromatic heterocycles. The quantitative estimate of drug-likeness (QED) is 0.788. The van der Waals surface area contributed by atoms with Gasteiger partial charge in [0.1, 0.15) is 11.6 Å². The molecule has 5 nitrogen and oxygen atoms in total. The molecule has 0 bridgehead atoms.